The Kier molecular flexibility index (Phi) is 3.58. The van der Waals surface area contributed by atoms with Crippen LogP contribution < -0.4 is 10.0 Å². The van der Waals surface area contributed by atoms with E-state index in [1.54, 1.807) is 6.07 Å². The van der Waals surface area contributed by atoms with Crippen LogP contribution in [0, 0.1) is 5.41 Å². The molecule has 0 radical (unpaired) electrons. The fourth-order valence-electron chi connectivity index (χ4n) is 1.52. The molecule has 0 unspecified atom stereocenters. The third kappa shape index (κ3) is 3.28. The minimum absolute atomic E-state index is 0.193. The Labute approximate surface area is 106 Å². The average Bonchev–Trinajstić information content (AvgIpc) is 2.81. The Morgan fingerprint density at radius 2 is 2.18 bits per heavy atom. The second-order valence-corrected chi connectivity index (χ2v) is 7.84. The van der Waals surface area contributed by atoms with Gasteiger partial charge in [-0.1, -0.05) is 6.92 Å². The number of hydrogen-bond donors (Lipinski definition) is 2. The zero-order valence-corrected chi connectivity index (χ0v) is 11.7. The Balaban J connectivity index is 2.02. The molecule has 4 nitrogen and oxygen atoms in total. The molecule has 1 fully saturated rings. The van der Waals surface area contributed by atoms with Crippen LogP contribution in [0.4, 0.5) is 0 Å². The largest absolute Gasteiger partial charge is 0.316 e. The summed E-state index contributed by atoms with van der Waals surface area (Å²) < 4.78 is 27.1. The summed E-state index contributed by atoms with van der Waals surface area (Å²) in [7, 11) is -1.46. The summed E-state index contributed by atoms with van der Waals surface area (Å²) in [6, 6.07) is 1.73. The first-order valence-electron chi connectivity index (χ1n) is 5.67. The molecule has 0 aromatic carbocycles. The van der Waals surface area contributed by atoms with Gasteiger partial charge in [0, 0.05) is 13.1 Å². The summed E-state index contributed by atoms with van der Waals surface area (Å²) in [5, 5.41) is 4.89. The molecule has 0 bridgehead atoms. The molecule has 1 saturated carbocycles. The Hall–Kier alpha value is -0.430. The molecular weight excluding hydrogens is 256 g/mol. The lowest BCUT2D eigenvalue weighted by molar-refractivity contribution is 0.531. The Morgan fingerprint density at radius 1 is 1.47 bits per heavy atom. The van der Waals surface area contributed by atoms with Gasteiger partial charge in [-0.15, -0.1) is 11.3 Å². The van der Waals surface area contributed by atoms with Crippen LogP contribution in [-0.2, 0) is 16.6 Å². The van der Waals surface area contributed by atoms with Crippen molar-refractivity contribution >= 4 is 21.4 Å². The van der Waals surface area contributed by atoms with E-state index < -0.39 is 10.0 Å². The van der Waals surface area contributed by atoms with Crippen molar-refractivity contribution in [2.45, 2.75) is 30.5 Å². The standard InChI is InChI=1S/C11H18N2O2S2/c1-11(3-4-11)8-13-17(14,15)10-5-9(6-12-2)7-16-10/h5,7,12-13H,3-4,6,8H2,1-2H3. The highest BCUT2D eigenvalue weighted by Crippen LogP contribution is 2.44. The molecule has 17 heavy (non-hydrogen) atoms. The molecule has 0 amide bonds. The Bertz CT molecular complexity index is 489. The van der Waals surface area contributed by atoms with E-state index in [1.165, 1.54) is 11.3 Å². The molecule has 2 N–H and O–H groups in total. The molecule has 0 saturated heterocycles. The first-order valence-corrected chi connectivity index (χ1v) is 8.03. The first kappa shape index (κ1) is 13.0. The van der Waals surface area contributed by atoms with Gasteiger partial charge in [-0.3, -0.25) is 0 Å². The van der Waals surface area contributed by atoms with Gasteiger partial charge in [0.2, 0.25) is 10.0 Å². The van der Waals surface area contributed by atoms with E-state index >= 15 is 0 Å². The van der Waals surface area contributed by atoms with Gasteiger partial charge in [-0.2, -0.15) is 0 Å². The van der Waals surface area contributed by atoms with Crippen molar-refractivity contribution in [3.8, 4) is 0 Å². The van der Waals surface area contributed by atoms with Gasteiger partial charge in [0.15, 0.2) is 0 Å². The molecule has 0 atom stereocenters. The Morgan fingerprint density at radius 3 is 2.76 bits per heavy atom. The van der Waals surface area contributed by atoms with E-state index in [9.17, 15) is 8.42 Å². The van der Waals surface area contributed by atoms with Crippen LogP contribution in [0.2, 0.25) is 0 Å². The van der Waals surface area contributed by atoms with E-state index in [1.807, 2.05) is 12.4 Å². The zero-order chi connectivity index (χ0) is 12.5. The molecular formula is C11H18N2O2S2. The van der Waals surface area contributed by atoms with Crippen molar-refractivity contribution in [2.24, 2.45) is 5.41 Å². The number of nitrogens with one attached hydrogen (secondary N) is 2. The van der Waals surface area contributed by atoms with Crippen LogP contribution >= 0.6 is 11.3 Å². The van der Waals surface area contributed by atoms with Crippen molar-refractivity contribution in [3.05, 3.63) is 17.0 Å². The van der Waals surface area contributed by atoms with Gasteiger partial charge in [-0.05, 0) is 42.3 Å². The second kappa shape index (κ2) is 4.68. The summed E-state index contributed by atoms with van der Waals surface area (Å²) in [5.41, 5.74) is 1.20. The van der Waals surface area contributed by atoms with Crippen LogP contribution in [0.25, 0.3) is 0 Å². The summed E-state index contributed by atoms with van der Waals surface area (Å²) in [5.74, 6) is 0. The van der Waals surface area contributed by atoms with Crippen LogP contribution in [0.5, 0.6) is 0 Å². The van der Waals surface area contributed by atoms with Gasteiger partial charge in [0.25, 0.3) is 0 Å². The molecule has 1 aromatic heterocycles. The molecule has 0 aliphatic heterocycles. The monoisotopic (exact) mass is 274 g/mol. The third-order valence-electron chi connectivity index (χ3n) is 3.07. The number of hydrogen-bond acceptors (Lipinski definition) is 4. The molecule has 2 rings (SSSR count). The van der Waals surface area contributed by atoms with Gasteiger partial charge < -0.3 is 5.32 Å². The fourth-order valence-corrected chi connectivity index (χ4v) is 3.97. The molecule has 1 aliphatic carbocycles. The minimum atomic E-state index is -3.31. The van der Waals surface area contributed by atoms with Gasteiger partial charge in [0.1, 0.15) is 4.21 Å². The fraction of sp³-hybridized carbons (Fsp3) is 0.636. The SMILES string of the molecule is CNCc1csc(S(=O)(=O)NCC2(C)CC2)c1. The van der Waals surface area contributed by atoms with Gasteiger partial charge >= 0.3 is 0 Å². The van der Waals surface area contributed by atoms with Crippen LogP contribution in [0.3, 0.4) is 0 Å². The van der Waals surface area contributed by atoms with Crippen LogP contribution in [-0.4, -0.2) is 22.0 Å². The molecule has 1 aromatic rings. The number of rotatable bonds is 6. The summed E-state index contributed by atoms with van der Waals surface area (Å²) in [6.07, 6.45) is 2.23. The topological polar surface area (TPSA) is 58.2 Å². The number of thiophene rings is 1. The average molecular weight is 274 g/mol. The van der Waals surface area contributed by atoms with E-state index in [4.69, 9.17) is 0 Å². The predicted molar refractivity (Wildman–Crippen MR) is 69.6 cm³/mol. The summed E-state index contributed by atoms with van der Waals surface area (Å²) >= 11 is 1.28. The third-order valence-corrected chi connectivity index (χ3v) is 5.96. The van der Waals surface area contributed by atoms with Crippen molar-refractivity contribution in [1.29, 1.82) is 0 Å². The quantitative estimate of drug-likeness (QED) is 0.827. The molecule has 1 aliphatic rings. The summed E-state index contributed by atoms with van der Waals surface area (Å²) in [4.78, 5) is 0. The van der Waals surface area contributed by atoms with Crippen molar-refractivity contribution in [2.75, 3.05) is 13.6 Å². The first-order chi connectivity index (χ1) is 7.95. The highest BCUT2D eigenvalue weighted by atomic mass is 32.2. The predicted octanol–water partition coefficient (Wildman–Crippen LogP) is 1.55. The lowest BCUT2D eigenvalue weighted by Crippen LogP contribution is -2.28. The highest BCUT2D eigenvalue weighted by molar-refractivity contribution is 7.91. The maximum absolute atomic E-state index is 12.0. The van der Waals surface area contributed by atoms with Crippen LogP contribution in [0.15, 0.2) is 15.7 Å². The molecule has 6 heteroatoms. The highest BCUT2D eigenvalue weighted by Gasteiger charge is 2.38. The molecule has 1 heterocycles. The minimum Gasteiger partial charge on any atom is -0.316 e. The number of sulfonamides is 1. The lowest BCUT2D eigenvalue weighted by atomic mass is 10.2. The second-order valence-electron chi connectivity index (χ2n) is 4.94. The van der Waals surface area contributed by atoms with E-state index in [0.717, 1.165) is 18.4 Å². The smallest absolute Gasteiger partial charge is 0.250 e. The van der Waals surface area contributed by atoms with E-state index in [0.29, 0.717) is 17.3 Å². The van der Waals surface area contributed by atoms with Crippen molar-refractivity contribution < 1.29 is 8.42 Å². The van der Waals surface area contributed by atoms with Crippen molar-refractivity contribution in [3.63, 3.8) is 0 Å². The van der Waals surface area contributed by atoms with E-state index in [2.05, 4.69) is 17.0 Å². The maximum Gasteiger partial charge on any atom is 0.250 e. The van der Waals surface area contributed by atoms with Crippen molar-refractivity contribution in [1.82, 2.24) is 10.0 Å². The lowest BCUT2D eigenvalue weighted by Gasteiger charge is -2.09. The molecule has 0 spiro atoms. The normalized spacial score (nSPS) is 18.2. The zero-order valence-electron chi connectivity index (χ0n) is 10.1. The van der Waals surface area contributed by atoms with Gasteiger partial charge in [-0.25, -0.2) is 13.1 Å². The molecule has 96 valence electrons. The summed E-state index contributed by atoms with van der Waals surface area (Å²) in [6.45, 7) is 3.36. The van der Waals surface area contributed by atoms with E-state index in [-0.39, 0.29) is 5.41 Å². The maximum atomic E-state index is 12.0. The van der Waals surface area contributed by atoms with Crippen LogP contribution in [0.1, 0.15) is 25.3 Å². The van der Waals surface area contributed by atoms with Gasteiger partial charge in [0.05, 0.1) is 0 Å².